The summed E-state index contributed by atoms with van der Waals surface area (Å²) in [6, 6.07) is 19.6. The SMILES string of the molecule is CC(=O)c1ccc(NC(=O)CCC(=O)OCC(=O)Nc2cccc3ccccc23)cc1. The van der Waals surface area contributed by atoms with E-state index in [1.165, 1.54) is 6.92 Å². The number of hydrogen-bond donors (Lipinski definition) is 2. The fraction of sp³-hybridized carbons (Fsp3) is 0.167. The second kappa shape index (κ2) is 10.2. The van der Waals surface area contributed by atoms with Crippen molar-refractivity contribution in [3.8, 4) is 0 Å². The zero-order valence-electron chi connectivity index (χ0n) is 17.0. The third-order valence-corrected chi connectivity index (χ3v) is 4.56. The quantitative estimate of drug-likeness (QED) is 0.426. The molecule has 158 valence electrons. The van der Waals surface area contributed by atoms with E-state index >= 15 is 0 Å². The molecule has 0 aliphatic heterocycles. The molecule has 3 aromatic rings. The first-order valence-corrected chi connectivity index (χ1v) is 9.76. The molecule has 2 amide bonds. The number of ketones is 1. The fourth-order valence-corrected chi connectivity index (χ4v) is 2.97. The number of ether oxygens (including phenoxy) is 1. The van der Waals surface area contributed by atoms with Crippen molar-refractivity contribution in [1.29, 1.82) is 0 Å². The number of carbonyl (C=O) groups is 4. The molecule has 3 aromatic carbocycles. The first-order chi connectivity index (χ1) is 14.9. The molecule has 0 radical (unpaired) electrons. The van der Waals surface area contributed by atoms with Gasteiger partial charge in [-0.2, -0.15) is 0 Å². The minimum absolute atomic E-state index is 0.0647. The van der Waals surface area contributed by atoms with Gasteiger partial charge >= 0.3 is 5.97 Å². The van der Waals surface area contributed by atoms with Crippen LogP contribution < -0.4 is 10.6 Å². The summed E-state index contributed by atoms with van der Waals surface area (Å²) in [6.45, 7) is 1.03. The summed E-state index contributed by atoms with van der Waals surface area (Å²) in [6.07, 6.45) is -0.239. The highest BCUT2D eigenvalue weighted by molar-refractivity contribution is 6.03. The summed E-state index contributed by atoms with van der Waals surface area (Å²) < 4.78 is 4.96. The molecular weight excluding hydrogens is 396 g/mol. The van der Waals surface area contributed by atoms with Crippen molar-refractivity contribution in [2.24, 2.45) is 0 Å². The number of Topliss-reactive ketones (excluding diaryl/α,β-unsaturated/α-hetero) is 1. The smallest absolute Gasteiger partial charge is 0.306 e. The highest BCUT2D eigenvalue weighted by Gasteiger charge is 2.12. The number of anilines is 2. The Hall–Kier alpha value is -4.00. The highest BCUT2D eigenvalue weighted by Crippen LogP contribution is 2.22. The van der Waals surface area contributed by atoms with Crippen LogP contribution in [0.1, 0.15) is 30.1 Å². The van der Waals surface area contributed by atoms with Crippen LogP contribution in [0.5, 0.6) is 0 Å². The standard InChI is InChI=1S/C24H22N2O5/c1-16(27)17-9-11-19(12-10-17)25-22(28)13-14-24(30)31-15-23(29)26-21-8-4-6-18-5-2-3-7-20(18)21/h2-12H,13-15H2,1H3,(H,25,28)(H,26,29). The lowest BCUT2D eigenvalue weighted by molar-refractivity contribution is -0.147. The molecule has 0 spiro atoms. The molecule has 7 nitrogen and oxygen atoms in total. The van der Waals surface area contributed by atoms with E-state index in [1.807, 2.05) is 36.4 Å². The van der Waals surface area contributed by atoms with Gasteiger partial charge in [0.2, 0.25) is 5.91 Å². The molecule has 0 aromatic heterocycles. The van der Waals surface area contributed by atoms with Crippen LogP contribution in [0.15, 0.2) is 66.7 Å². The lowest BCUT2D eigenvalue weighted by Gasteiger charge is -2.09. The van der Waals surface area contributed by atoms with Crippen LogP contribution in [0.25, 0.3) is 10.8 Å². The van der Waals surface area contributed by atoms with Crippen LogP contribution in [0.4, 0.5) is 11.4 Å². The Morgan fingerprint density at radius 1 is 0.774 bits per heavy atom. The van der Waals surface area contributed by atoms with Gasteiger partial charge in [0.1, 0.15) is 0 Å². The molecule has 0 saturated carbocycles. The van der Waals surface area contributed by atoms with Gasteiger partial charge < -0.3 is 15.4 Å². The highest BCUT2D eigenvalue weighted by atomic mass is 16.5. The number of carbonyl (C=O) groups excluding carboxylic acids is 4. The maximum atomic E-state index is 12.1. The van der Waals surface area contributed by atoms with Crippen LogP contribution >= 0.6 is 0 Å². The lowest BCUT2D eigenvalue weighted by atomic mass is 10.1. The average molecular weight is 418 g/mol. The van der Waals surface area contributed by atoms with Gasteiger partial charge in [0.25, 0.3) is 5.91 Å². The Labute approximate surface area is 179 Å². The number of fused-ring (bicyclic) bond motifs is 1. The first kappa shape index (κ1) is 21.7. The van der Waals surface area contributed by atoms with E-state index in [0.717, 1.165) is 10.8 Å². The van der Waals surface area contributed by atoms with Crippen molar-refractivity contribution in [3.63, 3.8) is 0 Å². The number of rotatable bonds is 8. The first-order valence-electron chi connectivity index (χ1n) is 9.76. The van der Waals surface area contributed by atoms with Crippen LogP contribution in [0, 0.1) is 0 Å². The van der Waals surface area contributed by atoms with E-state index in [4.69, 9.17) is 4.74 Å². The number of esters is 1. The Balaban J connectivity index is 1.41. The minimum Gasteiger partial charge on any atom is -0.456 e. The minimum atomic E-state index is -0.643. The molecule has 0 atom stereocenters. The van der Waals surface area contributed by atoms with Crippen molar-refractivity contribution in [3.05, 3.63) is 72.3 Å². The maximum absolute atomic E-state index is 12.1. The van der Waals surface area contributed by atoms with E-state index in [0.29, 0.717) is 16.9 Å². The van der Waals surface area contributed by atoms with E-state index in [2.05, 4.69) is 10.6 Å². The topological polar surface area (TPSA) is 102 Å². The summed E-state index contributed by atoms with van der Waals surface area (Å²) in [5.74, 6) is -1.53. The monoisotopic (exact) mass is 418 g/mol. The third-order valence-electron chi connectivity index (χ3n) is 4.56. The molecule has 7 heteroatoms. The molecule has 0 aliphatic carbocycles. The van der Waals surface area contributed by atoms with Gasteiger partial charge in [-0.3, -0.25) is 19.2 Å². The average Bonchev–Trinajstić information content (AvgIpc) is 2.77. The van der Waals surface area contributed by atoms with E-state index < -0.39 is 18.5 Å². The Bertz CT molecular complexity index is 1120. The normalized spacial score (nSPS) is 10.4. The Kier molecular flexibility index (Phi) is 7.11. The van der Waals surface area contributed by atoms with E-state index in [9.17, 15) is 19.2 Å². The van der Waals surface area contributed by atoms with Gasteiger partial charge in [0.15, 0.2) is 12.4 Å². The number of amides is 2. The van der Waals surface area contributed by atoms with Crippen molar-refractivity contribution >= 4 is 45.7 Å². The van der Waals surface area contributed by atoms with Crippen LogP contribution in [0.3, 0.4) is 0 Å². The summed E-state index contributed by atoms with van der Waals surface area (Å²) >= 11 is 0. The largest absolute Gasteiger partial charge is 0.456 e. The van der Waals surface area contributed by atoms with Gasteiger partial charge in [-0.1, -0.05) is 36.4 Å². The zero-order valence-corrected chi connectivity index (χ0v) is 17.0. The fourth-order valence-electron chi connectivity index (χ4n) is 2.97. The molecule has 0 saturated heterocycles. The molecule has 0 heterocycles. The van der Waals surface area contributed by atoms with Gasteiger partial charge in [-0.15, -0.1) is 0 Å². The maximum Gasteiger partial charge on any atom is 0.306 e. The van der Waals surface area contributed by atoms with Gasteiger partial charge in [-0.25, -0.2) is 0 Å². The van der Waals surface area contributed by atoms with Crippen molar-refractivity contribution in [2.75, 3.05) is 17.2 Å². The predicted molar refractivity (Wildman–Crippen MR) is 118 cm³/mol. The third kappa shape index (κ3) is 6.24. The molecule has 0 unspecified atom stereocenters. The predicted octanol–water partition coefficient (Wildman–Crippen LogP) is 3.94. The van der Waals surface area contributed by atoms with Crippen LogP contribution in [0.2, 0.25) is 0 Å². The molecule has 0 fully saturated rings. The number of benzene rings is 3. The number of hydrogen-bond acceptors (Lipinski definition) is 5. The summed E-state index contributed by atoms with van der Waals surface area (Å²) in [5, 5.41) is 7.24. The molecule has 0 bridgehead atoms. The Morgan fingerprint density at radius 3 is 2.23 bits per heavy atom. The summed E-state index contributed by atoms with van der Waals surface area (Å²) in [5.41, 5.74) is 1.70. The zero-order chi connectivity index (χ0) is 22.2. The van der Waals surface area contributed by atoms with Crippen LogP contribution in [-0.4, -0.2) is 30.2 Å². The number of nitrogens with one attached hydrogen (secondary N) is 2. The molecule has 2 N–H and O–H groups in total. The van der Waals surface area contributed by atoms with E-state index in [1.54, 1.807) is 30.3 Å². The second-order valence-electron chi connectivity index (χ2n) is 6.92. The summed E-state index contributed by atoms with van der Waals surface area (Å²) in [4.78, 5) is 47.2. The molecular formula is C24H22N2O5. The second-order valence-corrected chi connectivity index (χ2v) is 6.92. The van der Waals surface area contributed by atoms with Gasteiger partial charge in [0.05, 0.1) is 6.42 Å². The molecule has 3 rings (SSSR count). The van der Waals surface area contributed by atoms with Gasteiger partial charge in [0, 0.05) is 28.7 Å². The molecule has 31 heavy (non-hydrogen) atoms. The lowest BCUT2D eigenvalue weighted by Crippen LogP contribution is -2.22. The molecule has 0 aliphatic rings. The Morgan fingerprint density at radius 2 is 1.48 bits per heavy atom. The van der Waals surface area contributed by atoms with E-state index in [-0.39, 0.29) is 24.5 Å². The van der Waals surface area contributed by atoms with Crippen molar-refractivity contribution in [1.82, 2.24) is 0 Å². The summed E-state index contributed by atoms with van der Waals surface area (Å²) in [7, 11) is 0. The van der Waals surface area contributed by atoms with Crippen LogP contribution in [-0.2, 0) is 19.1 Å². The van der Waals surface area contributed by atoms with Crippen molar-refractivity contribution < 1.29 is 23.9 Å². The van der Waals surface area contributed by atoms with Crippen molar-refractivity contribution in [2.45, 2.75) is 19.8 Å². The van der Waals surface area contributed by atoms with Gasteiger partial charge in [-0.05, 0) is 42.6 Å².